The summed E-state index contributed by atoms with van der Waals surface area (Å²) in [5, 5.41) is 4.46. The third-order valence-corrected chi connectivity index (χ3v) is 4.13. The molecule has 3 rings (SSSR count). The van der Waals surface area contributed by atoms with E-state index in [9.17, 15) is 4.79 Å². The summed E-state index contributed by atoms with van der Waals surface area (Å²) in [5.41, 5.74) is 6.16. The van der Waals surface area contributed by atoms with Crippen molar-refractivity contribution in [3.63, 3.8) is 0 Å². The van der Waals surface area contributed by atoms with Gasteiger partial charge in [-0.2, -0.15) is 0 Å². The summed E-state index contributed by atoms with van der Waals surface area (Å²) in [6, 6.07) is 14.2. The molecule has 1 aromatic heterocycles. The fourth-order valence-electron chi connectivity index (χ4n) is 2.71. The van der Waals surface area contributed by atoms with Gasteiger partial charge in [-0.3, -0.25) is 4.79 Å². The van der Waals surface area contributed by atoms with Crippen LogP contribution in [-0.2, 0) is 6.54 Å². The van der Waals surface area contributed by atoms with E-state index in [-0.39, 0.29) is 5.56 Å². The lowest BCUT2D eigenvalue weighted by molar-refractivity contribution is 1.08. The van der Waals surface area contributed by atoms with E-state index >= 15 is 0 Å². The Kier molecular flexibility index (Phi) is 3.72. The van der Waals surface area contributed by atoms with Crippen LogP contribution in [0.5, 0.6) is 0 Å². The molecule has 1 heterocycles. The molecule has 2 N–H and O–H groups in total. The zero-order valence-electron chi connectivity index (χ0n) is 13.2. The number of rotatable bonds is 3. The summed E-state index contributed by atoms with van der Waals surface area (Å²) in [5.74, 6) is 0. The summed E-state index contributed by atoms with van der Waals surface area (Å²) in [6.07, 6.45) is 0. The van der Waals surface area contributed by atoms with Crippen LogP contribution in [0.3, 0.4) is 0 Å². The standard InChI is InChI=1S/C19H20N2O/c1-12-8-9-14(3)18-16(12)10-15(19(22)21-18)11-20-17-7-5-4-6-13(17)2/h4-10,20H,11H2,1-3H3,(H,21,22). The Labute approximate surface area is 130 Å². The number of aromatic amines is 1. The van der Waals surface area contributed by atoms with E-state index in [0.29, 0.717) is 6.54 Å². The summed E-state index contributed by atoms with van der Waals surface area (Å²) >= 11 is 0. The lowest BCUT2D eigenvalue weighted by atomic mass is 10.0. The van der Waals surface area contributed by atoms with Gasteiger partial charge in [0.05, 0.1) is 5.52 Å². The SMILES string of the molecule is Cc1ccccc1NCc1cc2c(C)ccc(C)c2[nH]c1=O. The minimum atomic E-state index is -0.0257. The summed E-state index contributed by atoms with van der Waals surface area (Å²) in [6.45, 7) is 6.66. The Balaban J connectivity index is 1.98. The van der Waals surface area contributed by atoms with Crippen molar-refractivity contribution in [2.75, 3.05) is 5.32 Å². The van der Waals surface area contributed by atoms with Crippen LogP contribution >= 0.6 is 0 Å². The molecule has 0 radical (unpaired) electrons. The maximum absolute atomic E-state index is 12.3. The first-order valence-corrected chi connectivity index (χ1v) is 7.48. The largest absolute Gasteiger partial charge is 0.381 e. The summed E-state index contributed by atoms with van der Waals surface area (Å²) in [7, 11) is 0. The number of hydrogen-bond donors (Lipinski definition) is 2. The lowest BCUT2D eigenvalue weighted by Gasteiger charge is -2.11. The van der Waals surface area contributed by atoms with Crippen molar-refractivity contribution in [3.05, 3.63) is 75.1 Å². The van der Waals surface area contributed by atoms with E-state index in [1.165, 1.54) is 11.1 Å². The van der Waals surface area contributed by atoms with Gasteiger partial charge in [-0.1, -0.05) is 30.3 Å². The highest BCUT2D eigenvalue weighted by molar-refractivity contribution is 5.85. The van der Waals surface area contributed by atoms with Crippen LogP contribution in [0.2, 0.25) is 0 Å². The van der Waals surface area contributed by atoms with Crippen molar-refractivity contribution < 1.29 is 0 Å². The number of fused-ring (bicyclic) bond motifs is 1. The number of aromatic nitrogens is 1. The van der Waals surface area contributed by atoms with E-state index in [2.05, 4.69) is 36.3 Å². The molecule has 3 aromatic rings. The van der Waals surface area contributed by atoms with Crippen LogP contribution in [0, 0.1) is 20.8 Å². The lowest BCUT2D eigenvalue weighted by Crippen LogP contribution is -2.16. The number of H-pyrrole nitrogens is 1. The average Bonchev–Trinajstić information content (AvgIpc) is 2.51. The molecule has 0 atom stereocenters. The second-order valence-corrected chi connectivity index (χ2v) is 5.78. The molecule has 0 bridgehead atoms. The third-order valence-electron chi connectivity index (χ3n) is 4.13. The smallest absolute Gasteiger partial charge is 0.253 e. The number of aryl methyl sites for hydroxylation is 3. The predicted octanol–water partition coefficient (Wildman–Crippen LogP) is 4.07. The quantitative estimate of drug-likeness (QED) is 0.764. The molecule has 0 aliphatic heterocycles. The number of nitrogens with one attached hydrogen (secondary N) is 2. The van der Waals surface area contributed by atoms with Crippen molar-refractivity contribution in [3.8, 4) is 0 Å². The van der Waals surface area contributed by atoms with Gasteiger partial charge in [0.1, 0.15) is 0 Å². The molecule has 22 heavy (non-hydrogen) atoms. The van der Waals surface area contributed by atoms with Crippen LogP contribution in [-0.4, -0.2) is 4.98 Å². The molecule has 0 fully saturated rings. The van der Waals surface area contributed by atoms with Crippen LogP contribution in [0.1, 0.15) is 22.3 Å². The Morgan fingerprint density at radius 2 is 1.68 bits per heavy atom. The normalized spacial score (nSPS) is 10.9. The minimum Gasteiger partial charge on any atom is -0.381 e. The highest BCUT2D eigenvalue weighted by Crippen LogP contribution is 2.20. The van der Waals surface area contributed by atoms with Crippen LogP contribution < -0.4 is 10.9 Å². The van der Waals surface area contributed by atoms with Crippen molar-refractivity contribution in [2.45, 2.75) is 27.3 Å². The molecule has 0 saturated heterocycles. The van der Waals surface area contributed by atoms with Gasteiger partial charge in [0.2, 0.25) is 0 Å². The molecular formula is C19H20N2O. The molecule has 3 nitrogen and oxygen atoms in total. The first-order chi connectivity index (χ1) is 10.6. The van der Waals surface area contributed by atoms with E-state index in [4.69, 9.17) is 0 Å². The van der Waals surface area contributed by atoms with E-state index in [1.807, 2.05) is 37.3 Å². The maximum atomic E-state index is 12.3. The van der Waals surface area contributed by atoms with Crippen molar-refractivity contribution in [1.29, 1.82) is 0 Å². The van der Waals surface area contributed by atoms with E-state index in [0.717, 1.165) is 27.7 Å². The molecule has 0 aliphatic rings. The molecule has 0 amide bonds. The van der Waals surface area contributed by atoms with Gasteiger partial charge >= 0.3 is 0 Å². The molecule has 3 heteroatoms. The van der Waals surface area contributed by atoms with Crippen molar-refractivity contribution >= 4 is 16.6 Å². The molecular weight excluding hydrogens is 272 g/mol. The van der Waals surface area contributed by atoms with Gasteiger partial charge in [0.15, 0.2) is 0 Å². The molecule has 0 unspecified atom stereocenters. The molecule has 0 aliphatic carbocycles. The topological polar surface area (TPSA) is 44.9 Å². The zero-order valence-corrected chi connectivity index (χ0v) is 13.2. The summed E-state index contributed by atoms with van der Waals surface area (Å²) in [4.78, 5) is 15.3. The van der Waals surface area contributed by atoms with Crippen molar-refractivity contribution in [2.24, 2.45) is 0 Å². The first-order valence-electron chi connectivity index (χ1n) is 7.48. The molecule has 2 aromatic carbocycles. The van der Waals surface area contributed by atoms with E-state index in [1.54, 1.807) is 0 Å². The van der Waals surface area contributed by atoms with Crippen LogP contribution in [0.25, 0.3) is 10.9 Å². The molecule has 0 spiro atoms. The van der Waals surface area contributed by atoms with Gasteiger partial charge in [0.25, 0.3) is 5.56 Å². The second-order valence-electron chi connectivity index (χ2n) is 5.78. The number of pyridine rings is 1. The molecule has 112 valence electrons. The van der Waals surface area contributed by atoms with Gasteiger partial charge in [-0.25, -0.2) is 0 Å². The van der Waals surface area contributed by atoms with Gasteiger partial charge in [0, 0.05) is 23.2 Å². The van der Waals surface area contributed by atoms with Crippen molar-refractivity contribution in [1.82, 2.24) is 4.98 Å². The van der Waals surface area contributed by atoms with Crippen LogP contribution in [0.4, 0.5) is 5.69 Å². The Morgan fingerprint density at radius 1 is 0.955 bits per heavy atom. The highest BCUT2D eigenvalue weighted by Gasteiger charge is 2.07. The predicted molar refractivity (Wildman–Crippen MR) is 92.5 cm³/mol. The number of para-hydroxylation sites is 1. The fourth-order valence-corrected chi connectivity index (χ4v) is 2.71. The van der Waals surface area contributed by atoms with Crippen LogP contribution in [0.15, 0.2) is 47.3 Å². The Bertz CT molecular complexity index is 894. The fraction of sp³-hybridized carbons (Fsp3) is 0.211. The average molecular weight is 292 g/mol. The number of benzene rings is 2. The number of anilines is 1. The third kappa shape index (κ3) is 2.62. The second kappa shape index (κ2) is 5.68. The maximum Gasteiger partial charge on any atom is 0.253 e. The monoisotopic (exact) mass is 292 g/mol. The van der Waals surface area contributed by atoms with Gasteiger partial charge in [-0.15, -0.1) is 0 Å². The summed E-state index contributed by atoms with van der Waals surface area (Å²) < 4.78 is 0. The first kappa shape index (κ1) is 14.4. The zero-order chi connectivity index (χ0) is 15.7. The van der Waals surface area contributed by atoms with Gasteiger partial charge < -0.3 is 10.3 Å². The molecule has 0 saturated carbocycles. The highest BCUT2D eigenvalue weighted by atomic mass is 16.1. The Morgan fingerprint density at radius 3 is 2.45 bits per heavy atom. The Hall–Kier alpha value is -2.55. The number of hydrogen-bond acceptors (Lipinski definition) is 2. The minimum absolute atomic E-state index is 0.0257. The van der Waals surface area contributed by atoms with E-state index < -0.39 is 0 Å². The van der Waals surface area contributed by atoms with Gasteiger partial charge in [-0.05, 0) is 49.6 Å².